The summed E-state index contributed by atoms with van der Waals surface area (Å²) in [5, 5.41) is 9.15. The zero-order chi connectivity index (χ0) is 18.6. The minimum atomic E-state index is 0.0902. The number of hydrogen-bond donors (Lipinski definition) is 1. The third kappa shape index (κ3) is 4.40. The lowest BCUT2D eigenvalue weighted by molar-refractivity contribution is -0.131. The van der Waals surface area contributed by atoms with Gasteiger partial charge in [0, 0.05) is 26.2 Å². The topological polar surface area (TPSA) is 43.8 Å². The molecule has 1 fully saturated rings. The van der Waals surface area contributed by atoms with E-state index < -0.39 is 0 Å². The van der Waals surface area contributed by atoms with Gasteiger partial charge in [0.2, 0.25) is 5.91 Å². The largest absolute Gasteiger partial charge is 0.392 e. The minimum absolute atomic E-state index is 0.0902. The highest BCUT2D eigenvalue weighted by Gasteiger charge is 2.28. The van der Waals surface area contributed by atoms with Crippen LogP contribution in [0.3, 0.4) is 0 Å². The van der Waals surface area contributed by atoms with Gasteiger partial charge >= 0.3 is 0 Å². The van der Waals surface area contributed by atoms with Gasteiger partial charge in [-0.3, -0.25) is 9.69 Å². The van der Waals surface area contributed by atoms with Crippen LogP contribution in [-0.4, -0.2) is 47.0 Å². The van der Waals surface area contributed by atoms with Crippen LogP contribution in [0.25, 0.3) is 0 Å². The molecule has 1 amide bonds. The van der Waals surface area contributed by atoms with Gasteiger partial charge in [0.15, 0.2) is 0 Å². The van der Waals surface area contributed by atoms with E-state index in [4.69, 9.17) is 5.11 Å². The Labute approximate surface area is 161 Å². The Balaban J connectivity index is 1.28. The minimum Gasteiger partial charge on any atom is -0.392 e. The van der Waals surface area contributed by atoms with Gasteiger partial charge in [-0.2, -0.15) is 0 Å². The van der Waals surface area contributed by atoms with Gasteiger partial charge in [-0.15, -0.1) is 0 Å². The Morgan fingerprint density at radius 1 is 1.00 bits per heavy atom. The molecule has 4 heteroatoms. The van der Waals surface area contributed by atoms with Gasteiger partial charge in [0.1, 0.15) is 0 Å². The number of likely N-dealkylation sites (tertiary alicyclic amines) is 1. The van der Waals surface area contributed by atoms with Crippen LogP contribution in [0.15, 0.2) is 48.5 Å². The van der Waals surface area contributed by atoms with E-state index in [9.17, 15) is 4.79 Å². The summed E-state index contributed by atoms with van der Waals surface area (Å²) < 4.78 is 0. The average molecular weight is 364 g/mol. The summed E-state index contributed by atoms with van der Waals surface area (Å²) in [5.41, 5.74) is 5.03. The first-order valence-corrected chi connectivity index (χ1v) is 9.97. The molecule has 1 atom stereocenters. The van der Waals surface area contributed by atoms with E-state index in [0.717, 1.165) is 51.0 Å². The van der Waals surface area contributed by atoms with Gasteiger partial charge in [0.25, 0.3) is 0 Å². The van der Waals surface area contributed by atoms with Crippen LogP contribution in [0.4, 0.5) is 0 Å². The summed E-state index contributed by atoms with van der Waals surface area (Å²) in [6.45, 7) is 4.22. The van der Waals surface area contributed by atoms with Crippen molar-refractivity contribution in [3.8, 4) is 0 Å². The van der Waals surface area contributed by atoms with E-state index in [0.29, 0.717) is 12.5 Å². The van der Waals surface area contributed by atoms with Crippen LogP contribution in [0.5, 0.6) is 0 Å². The van der Waals surface area contributed by atoms with Gasteiger partial charge in [-0.25, -0.2) is 0 Å². The van der Waals surface area contributed by atoms with E-state index in [1.54, 1.807) is 0 Å². The van der Waals surface area contributed by atoms with Crippen molar-refractivity contribution in [2.24, 2.45) is 5.92 Å². The Morgan fingerprint density at radius 2 is 1.74 bits per heavy atom. The molecule has 142 valence electrons. The van der Waals surface area contributed by atoms with Crippen molar-refractivity contribution in [1.82, 2.24) is 9.80 Å². The van der Waals surface area contributed by atoms with Crippen LogP contribution < -0.4 is 0 Å². The first-order valence-electron chi connectivity index (χ1n) is 9.97. The monoisotopic (exact) mass is 364 g/mol. The summed E-state index contributed by atoms with van der Waals surface area (Å²) in [4.78, 5) is 17.1. The number of rotatable bonds is 5. The highest BCUT2D eigenvalue weighted by Crippen LogP contribution is 2.23. The molecule has 4 nitrogen and oxygen atoms in total. The quantitative estimate of drug-likeness (QED) is 0.887. The second-order valence-electron chi connectivity index (χ2n) is 7.90. The molecule has 0 aliphatic carbocycles. The molecule has 2 aromatic carbocycles. The van der Waals surface area contributed by atoms with E-state index >= 15 is 0 Å². The number of aliphatic hydroxyl groups excluding tert-OH is 1. The molecule has 1 N–H and O–H groups in total. The average Bonchev–Trinajstić information content (AvgIpc) is 3.17. The number of aliphatic hydroxyl groups is 1. The van der Waals surface area contributed by atoms with Crippen LogP contribution in [-0.2, 0) is 30.8 Å². The first kappa shape index (κ1) is 18.2. The zero-order valence-electron chi connectivity index (χ0n) is 15.8. The number of amides is 1. The van der Waals surface area contributed by atoms with E-state index in [1.165, 1.54) is 16.7 Å². The van der Waals surface area contributed by atoms with Crippen molar-refractivity contribution in [3.05, 3.63) is 70.8 Å². The van der Waals surface area contributed by atoms with Gasteiger partial charge in [0.05, 0.1) is 13.2 Å². The van der Waals surface area contributed by atoms with Crippen LogP contribution in [0, 0.1) is 5.92 Å². The fourth-order valence-electron chi connectivity index (χ4n) is 4.32. The van der Waals surface area contributed by atoms with Crippen LogP contribution in [0.1, 0.15) is 28.7 Å². The maximum absolute atomic E-state index is 12.8. The standard InChI is InChI=1S/C23H28N2O2/c26-17-19-7-5-18(6-8-19)13-20-9-12-25(14-20)23(27)16-24-11-10-21-3-1-2-4-22(21)15-24/h1-8,20,26H,9-17H2/t20-/m1/s1. The highest BCUT2D eigenvalue weighted by atomic mass is 16.3. The number of carbonyl (C=O) groups excluding carboxylic acids is 1. The van der Waals surface area contributed by atoms with Crippen molar-refractivity contribution in [3.63, 3.8) is 0 Å². The molecule has 0 radical (unpaired) electrons. The number of nitrogens with zero attached hydrogens (tertiary/aromatic N) is 2. The molecule has 27 heavy (non-hydrogen) atoms. The molecule has 0 saturated carbocycles. The number of hydrogen-bond acceptors (Lipinski definition) is 3. The predicted octanol–water partition coefficient (Wildman–Crippen LogP) is 2.63. The second-order valence-corrected chi connectivity index (χ2v) is 7.90. The maximum atomic E-state index is 12.8. The number of benzene rings is 2. The molecule has 2 heterocycles. The summed E-state index contributed by atoms with van der Waals surface area (Å²) in [7, 11) is 0. The van der Waals surface area contributed by atoms with Crippen molar-refractivity contribution in [2.75, 3.05) is 26.2 Å². The molecule has 0 aromatic heterocycles. The molecular formula is C23H28N2O2. The molecule has 1 saturated heterocycles. The molecule has 0 spiro atoms. The third-order valence-corrected chi connectivity index (χ3v) is 5.94. The smallest absolute Gasteiger partial charge is 0.236 e. The van der Waals surface area contributed by atoms with Crippen LogP contribution >= 0.6 is 0 Å². The van der Waals surface area contributed by atoms with Gasteiger partial charge in [-0.05, 0) is 47.4 Å². The van der Waals surface area contributed by atoms with Crippen molar-refractivity contribution in [1.29, 1.82) is 0 Å². The zero-order valence-corrected chi connectivity index (χ0v) is 15.8. The Kier molecular flexibility index (Phi) is 5.55. The normalized spacial score (nSPS) is 19.9. The summed E-state index contributed by atoms with van der Waals surface area (Å²) >= 11 is 0. The second kappa shape index (κ2) is 8.24. The number of fused-ring (bicyclic) bond motifs is 1. The molecule has 2 aliphatic heterocycles. The van der Waals surface area contributed by atoms with Crippen molar-refractivity contribution < 1.29 is 9.90 Å². The van der Waals surface area contributed by atoms with E-state index in [2.05, 4.69) is 41.3 Å². The third-order valence-electron chi connectivity index (χ3n) is 5.94. The summed E-state index contributed by atoms with van der Waals surface area (Å²) in [6.07, 6.45) is 3.12. The SMILES string of the molecule is O=C(CN1CCc2ccccc2C1)N1CC[C@H](Cc2ccc(CO)cc2)C1. The van der Waals surface area contributed by atoms with E-state index in [-0.39, 0.29) is 12.5 Å². The maximum Gasteiger partial charge on any atom is 0.236 e. The van der Waals surface area contributed by atoms with E-state index in [1.807, 2.05) is 17.0 Å². The lowest BCUT2D eigenvalue weighted by atomic mass is 9.98. The first-order chi connectivity index (χ1) is 13.2. The summed E-state index contributed by atoms with van der Waals surface area (Å²) in [6, 6.07) is 16.7. The molecule has 0 bridgehead atoms. The molecule has 2 aromatic rings. The predicted molar refractivity (Wildman–Crippen MR) is 106 cm³/mol. The Hall–Kier alpha value is -2.17. The van der Waals surface area contributed by atoms with Crippen molar-refractivity contribution >= 4 is 5.91 Å². The lowest BCUT2D eigenvalue weighted by Gasteiger charge is -2.29. The molecular weight excluding hydrogens is 336 g/mol. The lowest BCUT2D eigenvalue weighted by Crippen LogP contribution is -2.41. The molecule has 0 unspecified atom stereocenters. The van der Waals surface area contributed by atoms with Gasteiger partial charge < -0.3 is 10.0 Å². The Morgan fingerprint density at radius 3 is 2.52 bits per heavy atom. The summed E-state index contributed by atoms with van der Waals surface area (Å²) in [5.74, 6) is 0.809. The highest BCUT2D eigenvalue weighted by molar-refractivity contribution is 5.78. The fourth-order valence-corrected chi connectivity index (χ4v) is 4.32. The van der Waals surface area contributed by atoms with Crippen LogP contribution in [0.2, 0.25) is 0 Å². The fraction of sp³-hybridized carbons (Fsp3) is 0.435. The van der Waals surface area contributed by atoms with Gasteiger partial charge in [-0.1, -0.05) is 48.5 Å². The Bertz CT molecular complexity index is 787. The number of carbonyl (C=O) groups is 1. The molecule has 4 rings (SSSR count). The van der Waals surface area contributed by atoms with Crippen molar-refractivity contribution in [2.45, 2.75) is 32.4 Å². The molecule has 2 aliphatic rings.